The summed E-state index contributed by atoms with van der Waals surface area (Å²) in [6.07, 6.45) is 1.79. The van der Waals surface area contributed by atoms with Crippen LogP contribution >= 0.6 is 15.9 Å². The lowest BCUT2D eigenvalue weighted by Gasteiger charge is -1.99. The molecule has 0 aliphatic rings. The zero-order valence-electron chi connectivity index (χ0n) is 8.70. The van der Waals surface area contributed by atoms with Crippen molar-refractivity contribution in [2.75, 3.05) is 0 Å². The summed E-state index contributed by atoms with van der Waals surface area (Å²) >= 11 is 3.48. The highest BCUT2D eigenvalue weighted by molar-refractivity contribution is 9.10. The second-order valence-corrected chi connectivity index (χ2v) is 4.56. The average molecular weight is 266 g/mol. The van der Waals surface area contributed by atoms with E-state index >= 15 is 0 Å². The number of oxazole rings is 1. The van der Waals surface area contributed by atoms with Crippen molar-refractivity contribution in [2.24, 2.45) is 0 Å². The predicted octanol–water partition coefficient (Wildman–Crippen LogP) is 4.23. The lowest BCUT2D eigenvalue weighted by Crippen LogP contribution is -1.81. The van der Waals surface area contributed by atoms with Crippen LogP contribution < -0.4 is 0 Å². The van der Waals surface area contributed by atoms with Crippen LogP contribution in [0.15, 0.2) is 39.4 Å². The Morgan fingerprint density at radius 1 is 1.27 bits per heavy atom. The van der Waals surface area contributed by atoms with E-state index < -0.39 is 0 Å². The van der Waals surface area contributed by atoms with E-state index in [1.807, 2.05) is 24.3 Å². The standard InChI is InChI=1S/C12H12BrNO/c1-8(2)11-7-14-12(15-11)9-5-3-4-6-10(9)13/h3-8H,1-2H3. The summed E-state index contributed by atoms with van der Waals surface area (Å²) in [4.78, 5) is 4.27. The van der Waals surface area contributed by atoms with Crippen LogP contribution in [0.1, 0.15) is 25.5 Å². The second kappa shape index (κ2) is 4.19. The quantitative estimate of drug-likeness (QED) is 0.813. The van der Waals surface area contributed by atoms with Gasteiger partial charge in [-0.2, -0.15) is 0 Å². The van der Waals surface area contributed by atoms with Crippen molar-refractivity contribution in [1.82, 2.24) is 4.98 Å². The molecule has 0 aliphatic carbocycles. The van der Waals surface area contributed by atoms with Gasteiger partial charge in [-0.05, 0) is 28.1 Å². The van der Waals surface area contributed by atoms with Crippen LogP contribution in [0.2, 0.25) is 0 Å². The van der Waals surface area contributed by atoms with Gasteiger partial charge in [0.2, 0.25) is 5.89 Å². The molecule has 2 rings (SSSR count). The van der Waals surface area contributed by atoms with Gasteiger partial charge in [-0.3, -0.25) is 0 Å². The lowest BCUT2D eigenvalue weighted by molar-refractivity contribution is 0.495. The summed E-state index contributed by atoms with van der Waals surface area (Å²) in [5.41, 5.74) is 0.990. The molecule has 0 amide bonds. The van der Waals surface area contributed by atoms with Crippen LogP contribution in [0.4, 0.5) is 0 Å². The largest absolute Gasteiger partial charge is 0.441 e. The molecule has 0 fully saturated rings. The van der Waals surface area contributed by atoms with E-state index in [0.717, 1.165) is 15.8 Å². The van der Waals surface area contributed by atoms with Crippen molar-refractivity contribution < 1.29 is 4.42 Å². The highest BCUT2D eigenvalue weighted by Crippen LogP contribution is 2.28. The molecule has 0 radical (unpaired) electrons. The Hall–Kier alpha value is -1.09. The molecule has 0 aliphatic heterocycles. The molecule has 1 aromatic heterocycles. The van der Waals surface area contributed by atoms with Gasteiger partial charge in [0.1, 0.15) is 5.76 Å². The molecule has 0 saturated carbocycles. The van der Waals surface area contributed by atoms with Crippen LogP contribution in [-0.2, 0) is 0 Å². The van der Waals surface area contributed by atoms with Crippen LogP contribution in [-0.4, -0.2) is 4.98 Å². The van der Waals surface area contributed by atoms with Gasteiger partial charge in [0.15, 0.2) is 0 Å². The molecule has 0 N–H and O–H groups in total. The maximum Gasteiger partial charge on any atom is 0.227 e. The van der Waals surface area contributed by atoms with E-state index in [0.29, 0.717) is 11.8 Å². The Morgan fingerprint density at radius 3 is 2.60 bits per heavy atom. The number of aromatic nitrogens is 1. The maximum atomic E-state index is 5.67. The van der Waals surface area contributed by atoms with Gasteiger partial charge in [0, 0.05) is 10.4 Å². The van der Waals surface area contributed by atoms with Gasteiger partial charge in [-0.25, -0.2) is 4.98 Å². The summed E-state index contributed by atoms with van der Waals surface area (Å²) in [5.74, 6) is 1.96. The van der Waals surface area contributed by atoms with Crippen LogP contribution in [0.5, 0.6) is 0 Å². The lowest BCUT2D eigenvalue weighted by atomic mass is 10.2. The zero-order chi connectivity index (χ0) is 10.8. The Morgan fingerprint density at radius 2 is 2.00 bits per heavy atom. The first-order valence-corrected chi connectivity index (χ1v) is 5.68. The van der Waals surface area contributed by atoms with Crippen molar-refractivity contribution in [3.8, 4) is 11.5 Å². The van der Waals surface area contributed by atoms with Crippen molar-refractivity contribution in [1.29, 1.82) is 0 Å². The number of nitrogens with zero attached hydrogens (tertiary/aromatic N) is 1. The maximum absolute atomic E-state index is 5.67. The number of rotatable bonds is 2. The van der Waals surface area contributed by atoms with E-state index in [1.165, 1.54) is 0 Å². The number of hydrogen-bond acceptors (Lipinski definition) is 2. The number of benzene rings is 1. The molecule has 0 unspecified atom stereocenters. The molecule has 78 valence electrons. The summed E-state index contributed by atoms with van der Waals surface area (Å²) in [7, 11) is 0. The number of hydrogen-bond donors (Lipinski definition) is 0. The van der Waals surface area contributed by atoms with Crippen molar-refractivity contribution in [3.05, 3.63) is 40.7 Å². The van der Waals surface area contributed by atoms with Crippen molar-refractivity contribution in [2.45, 2.75) is 19.8 Å². The molecule has 3 heteroatoms. The Labute approximate surface area is 97.5 Å². The summed E-state index contributed by atoms with van der Waals surface area (Å²) in [5, 5.41) is 0. The van der Waals surface area contributed by atoms with E-state index in [2.05, 4.69) is 34.8 Å². The normalized spacial score (nSPS) is 10.9. The highest BCUT2D eigenvalue weighted by Gasteiger charge is 2.11. The third-order valence-corrected chi connectivity index (χ3v) is 2.89. The minimum atomic E-state index is 0.369. The number of halogens is 1. The molecular formula is C12H12BrNO. The van der Waals surface area contributed by atoms with E-state index in [4.69, 9.17) is 4.42 Å². The van der Waals surface area contributed by atoms with Crippen molar-refractivity contribution >= 4 is 15.9 Å². The third kappa shape index (κ3) is 2.12. The predicted molar refractivity (Wildman–Crippen MR) is 63.7 cm³/mol. The zero-order valence-corrected chi connectivity index (χ0v) is 10.3. The fourth-order valence-corrected chi connectivity index (χ4v) is 1.77. The first-order valence-electron chi connectivity index (χ1n) is 4.89. The SMILES string of the molecule is CC(C)c1cnc(-c2ccccc2Br)o1. The van der Waals surface area contributed by atoms with Gasteiger partial charge in [-0.15, -0.1) is 0 Å². The Balaban J connectivity index is 2.42. The molecule has 0 saturated heterocycles. The topological polar surface area (TPSA) is 26.0 Å². The fourth-order valence-electron chi connectivity index (χ4n) is 1.31. The van der Waals surface area contributed by atoms with Gasteiger partial charge in [0.05, 0.1) is 11.8 Å². The van der Waals surface area contributed by atoms with Crippen LogP contribution in [0.25, 0.3) is 11.5 Å². The van der Waals surface area contributed by atoms with Crippen LogP contribution in [0.3, 0.4) is 0 Å². The van der Waals surface area contributed by atoms with Gasteiger partial charge in [-0.1, -0.05) is 26.0 Å². The van der Waals surface area contributed by atoms with E-state index in [-0.39, 0.29) is 0 Å². The minimum absolute atomic E-state index is 0.369. The van der Waals surface area contributed by atoms with Gasteiger partial charge in [0.25, 0.3) is 0 Å². The molecule has 0 atom stereocenters. The molecule has 15 heavy (non-hydrogen) atoms. The summed E-state index contributed by atoms with van der Waals surface area (Å²) in [6.45, 7) is 4.18. The van der Waals surface area contributed by atoms with E-state index in [1.54, 1.807) is 6.20 Å². The smallest absolute Gasteiger partial charge is 0.227 e. The minimum Gasteiger partial charge on any atom is -0.441 e. The second-order valence-electron chi connectivity index (χ2n) is 3.70. The van der Waals surface area contributed by atoms with Gasteiger partial charge < -0.3 is 4.42 Å². The molecule has 1 aromatic carbocycles. The third-order valence-electron chi connectivity index (χ3n) is 2.20. The first kappa shape index (κ1) is 10.4. The molecule has 0 bridgehead atoms. The first-order chi connectivity index (χ1) is 7.18. The van der Waals surface area contributed by atoms with Crippen molar-refractivity contribution in [3.63, 3.8) is 0 Å². The fraction of sp³-hybridized carbons (Fsp3) is 0.250. The highest BCUT2D eigenvalue weighted by atomic mass is 79.9. The Kier molecular flexibility index (Phi) is 2.91. The van der Waals surface area contributed by atoms with Gasteiger partial charge >= 0.3 is 0 Å². The molecule has 0 spiro atoms. The summed E-state index contributed by atoms with van der Waals surface area (Å²) < 4.78 is 6.67. The van der Waals surface area contributed by atoms with Crippen LogP contribution in [0, 0.1) is 0 Å². The van der Waals surface area contributed by atoms with E-state index in [9.17, 15) is 0 Å². The summed E-state index contributed by atoms with van der Waals surface area (Å²) in [6, 6.07) is 7.91. The monoisotopic (exact) mass is 265 g/mol. The average Bonchev–Trinajstić information content (AvgIpc) is 2.67. The Bertz CT molecular complexity index is 462. The molecule has 1 heterocycles. The molecular weight excluding hydrogens is 254 g/mol. The molecule has 2 aromatic rings. The molecule has 2 nitrogen and oxygen atoms in total.